The standard InChI is InChI=1S/C19H20F3N5O3/c1-12-6-13(25-8-17(12)30-11-19(20,21)22)9-27-10-14-15(26-27)2-3-23-16(14)7-18(29)24-4-5-28/h2-3,6,8,10,28H,4-5,7,9,11H2,1H3,(H,24,29). The lowest BCUT2D eigenvalue weighted by molar-refractivity contribution is -0.153. The minimum absolute atomic E-state index is 0.0473. The van der Waals surface area contributed by atoms with E-state index in [-0.39, 0.29) is 37.8 Å². The Morgan fingerprint density at radius 1 is 1.33 bits per heavy atom. The highest BCUT2D eigenvalue weighted by Crippen LogP contribution is 2.22. The molecule has 1 amide bonds. The molecular formula is C19H20F3N5O3. The van der Waals surface area contributed by atoms with Crippen LogP contribution in [-0.4, -0.2) is 56.7 Å². The van der Waals surface area contributed by atoms with E-state index in [0.29, 0.717) is 27.9 Å². The molecular weight excluding hydrogens is 403 g/mol. The Balaban J connectivity index is 1.74. The number of aromatic nitrogens is 4. The minimum Gasteiger partial charge on any atom is -0.482 e. The second kappa shape index (κ2) is 9.08. The molecule has 11 heteroatoms. The molecule has 0 bridgehead atoms. The first-order chi connectivity index (χ1) is 14.2. The highest BCUT2D eigenvalue weighted by atomic mass is 19.4. The van der Waals surface area contributed by atoms with Crippen LogP contribution < -0.4 is 10.1 Å². The minimum atomic E-state index is -4.42. The molecule has 0 aliphatic carbocycles. The zero-order valence-electron chi connectivity index (χ0n) is 16.1. The third-order valence-corrected chi connectivity index (χ3v) is 4.16. The Kier molecular flexibility index (Phi) is 6.50. The number of alkyl halides is 3. The average Bonchev–Trinajstić information content (AvgIpc) is 3.08. The van der Waals surface area contributed by atoms with Crippen molar-refractivity contribution in [2.75, 3.05) is 19.8 Å². The molecule has 0 radical (unpaired) electrons. The van der Waals surface area contributed by atoms with Crippen molar-refractivity contribution in [1.29, 1.82) is 0 Å². The second-order valence-corrected chi connectivity index (χ2v) is 6.61. The van der Waals surface area contributed by atoms with Crippen LogP contribution >= 0.6 is 0 Å². The fraction of sp³-hybridized carbons (Fsp3) is 0.368. The Labute approximate surface area is 169 Å². The van der Waals surface area contributed by atoms with Gasteiger partial charge in [0.25, 0.3) is 0 Å². The number of aliphatic hydroxyl groups is 1. The maximum Gasteiger partial charge on any atom is 0.422 e. The number of carbonyl (C=O) groups excluding carboxylic acids is 1. The fourth-order valence-corrected chi connectivity index (χ4v) is 2.85. The predicted octanol–water partition coefficient (Wildman–Crippen LogP) is 1.78. The van der Waals surface area contributed by atoms with Gasteiger partial charge in [0.05, 0.1) is 42.7 Å². The number of amides is 1. The summed E-state index contributed by atoms with van der Waals surface area (Å²) in [5, 5.41) is 16.5. The zero-order chi connectivity index (χ0) is 21.7. The van der Waals surface area contributed by atoms with Gasteiger partial charge in [0, 0.05) is 24.3 Å². The van der Waals surface area contributed by atoms with Crippen LogP contribution in [0.3, 0.4) is 0 Å². The van der Waals surface area contributed by atoms with E-state index in [1.54, 1.807) is 36.1 Å². The normalized spacial score (nSPS) is 11.6. The number of pyridine rings is 2. The van der Waals surface area contributed by atoms with Crippen LogP contribution in [0.4, 0.5) is 13.2 Å². The number of ether oxygens (including phenoxy) is 1. The molecule has 3 aromatic rings. The first kappa shape index (κ1) is 21.5. The van der Waals surface area contributed by atoms with Crippen molar-refractivity contribution in [3.63, 3.8) is 0 Å². The zero-order valence-corrected chi connectivity index (χ0v) is 16.1. The largest absolute Gasteiger partial charge is 0.482 e. The molecule has 3 heterocycles. The van der Waals surface area contributed by atoms with E-state index in [0.717, 1.165) is 0 Å². The molecule has 3 aromatic heterocycles. The summed E-state index contributed by atoms with van der Waals surface area (Å²) in [6.45, 7) is 0.575. The molecule has 0 spiro atoms. The van der Waals surface area contributed by atoms with E-state index in [4.69, 9.17) is 9.84 Å². The van der Waals surface area contributed by atoms with Crippen LogP contribution in [0.25, 0.3) is 10.9 Å². The van der Waals surface area contributed by atoms with Crippen molar-refractivity contribution in [3.8, 4) is 5.75 Å². The van der Waals surface area contributed by atoms with Gasteiger partial charge in [-0.25, -0.2) is 0 Å². The Bertz CT molecular complexity index is 1040. The summed E-state index contributed by atoms with van der Waals surface area (Å²) in [4.78, 5) is 20.3. The number of nitrogens with zero attached hydrogens (tertiary/aromatic N) is 4. The third-order valence-electron chi connectivity index (χ3n) is 4.16. The summed E-state index contributed by atoms with van der Waals surface area (Å²) in [6.07, 6.45) is 0.191. The molecule has 30 heavy (non-hydrogen) atoms. The van der Waals surface area contributed by atoms with Gasteiger partial charge in [0.1, 0.15) is 5.75 Å². The molecule has 8 nitrogen and oxygen atoms in total. The van der Waals surface area contributed by atoms with Gasteiger partial charge in [-0.15, -0.1) is 0 Å². The highest BCUT2D eigenvalue weighted by molar-refractivity contribution is 5.86. The lowest BCUT2D eigenvalue weighted by Gasteiger charge is -2.11. The highest BCUT2D eigenvalue weighted by Gasteiger charge is 2.28. The Morgan fingerprint density at radius 3 is 2.83 bits per heavy atom. The van der Waals surface area contributed by atoms with Crippen LogP contribution in [-0.2, 0) is 17.8 Å². The van der Waals surface area contributed by atoms with Gasteiger partial charge in [-0.3, -0.25) is 19.4 Å². The third kappa shape index (κ3) is 5.66. The van der Waals surface area contributed by atoms with Gasteiger partial charge < -0.3 is 15.2 Å². The number of aliphatic hydroxyl groups excluding tert-OH is 1. The van der Waals surface area contributed by atoms with Crippen molar-refractivity contribution < 1.29 is 27.8 Å². The summed E-state index contributed by atoms with van der Waals surface area (Å²) in [5.41, 5.74) is 2.32. The number of halogens is 3. The molecule has 0 aliphatic rings. The van der Waals surface area contributed by atoms with Crippen molar-refractivity contribution in [2.24, 2.45) is 0 Å². The molecule has 3 rings (SSSR count). The fourth-order valence-electron chi connectivity index (χ4n) is 2.85. The summed E-state index contributed by atoms with van der Waals surface area (Å²) in [5.74, 6) is -0.189. The van der Waals surface area contributed by atoms with Crippen molar-refractivity contribution >= 4 is 16.8 Å². The number of fused-ring (bicyclic) bond motifs is 1. The summed E-state index contributed by atoms with van der Waals surface area (Å²) >= 11 is 0. The van der Waals surface area contributed by atoms with Gasteiger partial charge in [-0.05, 0) is 24.6 Å². The summed E-state index contributed by atoms with van der Waals surface area (Å²) in [7, 11) is 0. The molecule has 0 unspecified atom stereocenters. The molecule has 2 N–H and O–H groups in total. The maximum atomic E-state index is 12.3. The summed E-state index contributed by atoms with van der Waals surface area (Å²) in [6, 6.07) is 3.35. The first-order valence-corrected chi connectivity index (χ1v) is 9.09. The van der Waals surface area contributed by atoms with E-state index in [1.165, 1.54) is 6.20 Å². The number of rotatable bonds is 8. The van der Waals surface area contributed by atoms with Gasteiger partial charge >= 0.3 is 6.18 Å². The Morgan fingerprint density at radius 2 is 2.13 bits per heavy atom. The van der Waals surface area contributed by atoms with E-state index >= 15 is 0 Å². The number of hydrogen-bond acceptors (Lipinski definition) is 6. The van der Waals surface area contributed by atoms with Gasteiger partial charge in [-0.2, -0.15) is 18.3 Å². The van der Waals surface area contributed by atoms with Crippen LogP contribution in [0.5, 0.6) is 5.75 Å². The molecule has 0 saturated carbocycles. The molecule has 0 fully saturated rings. The monoisotopic (exact) mass is 423 g/mol. The molecule has 160 valence electrons. The quantitative estimate of drug-likeness (QED) is 0.573. The van der Waals surface area contributed by atoms with E-state index in [9.17, 15) is 18.0 Å². The van der Waals surface area contributed by atoms with Crippen LogP contribution in [0.15, 0.2) is 30.7 Å². The number of hydrogen-bond donors (Lipinski definition) is 2. The van der Waals surface area contributed by atoms with E-state index in [2.05, 4.69) is 20.4 Å². The van der Waals surface area contributed by atoms with Crippen LogP contribution in [0.1, 0.15) is 17.0 Å². The topological polar surface area (TPSA) is 102 Å². The first-order valence-electron chi connectivity index (χ1n) is 9.09. The van der Waals surface area contributed by atoms with Crippen molar-refractivity contribution in [3.05, 3.63) is 47.7 Å². The lowest BCUT2D eigenvalue weighted by atomic mass is 10.2. The van der Waals surface area contributed by atoms with Crippen LogP contribution in [0.2, 0.25) is 0 Å². The molecule has 0 atom stereocenters. The lowest BCUT2D eigenvalue weighted by Crippen LogP contribution is -2.28. The smallest absolute Gasteiger partial charge is 0.422 e. The predicted molar refractivity (Wildman–Crippen MR) is 101 cm³/mol. The van der Waals surface area contributed by atoms with Gasteiger partial charge in [0.15, 0.2) is 6.61 Å². The second-order valence-electron chi connectivity index (χ2n) is 6.61. The number of aryl methyl sites for hydroxylation is 1. The number of carbonyl (C=O) groups is 1. The molecule has 0 aromatic carbocycles. The SMILES string of the molecule is Cc1cc(Cn2cc3c(CC(=O)NCCO)nccc3n2)ncc1OCC(F)(F)F. The summed E-state index contributed by atoms with van der Waals surface area (Å²) < 4.78 is 43.3. The van der Waals surface area contributed by atoms with Crippen LogP contribution in [0, 0.1) is 6.92 Å². The number of nitrogens with one attached hydrogen (secondary N) is 1. The average molecular weight is 423 g/mol. The maximum absolute atomic E-state index is 12.3. The Hall–Kier alpha value is -3.21. The van der Waals surface area contributed by atoms with Crippen molar-refractivity contribution in [1.82, 2.24) is 25.1 Å². The van der Waals surface area contributed by atoms with Gasteiger partial charge in [0.2, 0.25) is 5.91 Å². The van der Waals surface area contributed by atoms with E-state index < -0.39 is 12.8 Å². The van der Waals surface area contributed by atoms with Gasteiger partial charge in [-0.1, -0.05) is 0 Å². The van der Waals surface area contributed by atoms with E-state index in [1.807, 2.05) is 0 Å². The van der Waals surface area contributed by atoms with Crippen molar-refractivity contribution in [2.45, 2.75) is 26.1 Å². The molecule has 0 saturated heterocycles. The molecule has 0 aliphatic heterocycles.